The lowest BCUT2D eigenvalue weighted by atomic mass is 10.3. The smallest absolute Gasteiger partial charge is 0.332 e. The highest BCUT2D eigenvalue weighted by atomic mass is 16.3. The van der Waals surface area contributed by atoms with Crippen molar-refractivity contribution >= 4 is 17.1 Å². The van der Waals surface area contributed by atoms with E-state index in [9.17, 15) is 14.4 Å². The first-order chi connectivity index (χ1) is 13.0. The molecule has 142 valence electrons. The number of rotatable bonds is 3. The van der Waals surface area contributed by atoms with E-state index in [2.05, 4.69) is 9.88 Å². The monoisotopic (exact) mass is 372 g/mol. The first-order valence-electron chi connectivity index (χ1n) is 8.63. The van der Waals surface area contributed by atoms with Crippen LogP contribution in [0.5, 0.6) is 0 Å². The summed E-state index contributed by atoms with van der Waals surface area (Å²) in [6.07, 6.45) is 3.06. The van der Waals surface area contributed by atoms with Gasteiger partial charge in [0.15, 0.2) is 16.9 Å². The number of nitrogens with zero attached hydrogens (tertiary/aromatic N) is 6. The summed E-state index contributed by atoms with van der Waals surface area (Å²) < 4.78 is 9.38. The van der Waals surface area contributed by atoms with Crippen molar-refractivity contribution in [1.29, 1.82) is 0 Å². The van der Waals surface area contributed by atoms with Crippen LogP contribution in [0.15, 0.2) is 38.7 Å². The predicted octanol–water partition coefficient (Wildman–Crippen LogP) is -0.558. The molecule has 0 atom stereocenters. The molecule has 0 aliphatic carbocycles. The zero-order chi connectivity index (χ0) is 19.1. The van der Waals surface area contributed by atoms with Crippen LogP contribution in [0.4, 0.5) is 0 Å². The van der Waals surface area contributed by atoms with E-state index >= 15 is 0 Å². The molecule has 10 heteroatoms. The molecule has 0 saturated carbocycles. The van der Waals surface area contributed by atoms with Crippen LogP contribution in [0.3, 0.4) is 0 Å². The zero-order valence-electron chi connectivity index (χ0n) is 15.2. The van der Waals surface area contributed by atoms with E-state index in [4.69, 9.17) is 4.42 Å². The van der Waals surface area contributed by atoms with E-state index in [-0.39, 0.29) is 11.5 Å². The fraction of sp³-hybridized carbons (Fsp3) is 0.412. The lowest BCUT2D eigenvalue weighted by Crippen LogP contribution is -2.49. The molecule has 0 aromatic carbocycles. The van der Waals surface area contributed by atoms with Gasteiger partial charge in [0.2, 0.25) is 0 Å². The van der Waals surface area contributed by atoms with Crippen LogP contribution in [0.25, 0.3) is 11.2 Å². The molecule has 3 aromatic rings. The molecule has 27 heavy (non-hydrogen) atoms. The standard InChI is InChI=1S/C17H20N6O4/c1-19-14-13(16(25)20(2)17(19)26)23(10-18-14)11-21-5-7-22(8-6-21)15(24)12-4-3-9-27-12/h3-4,9-10H,5-8,11H2,1-2H3. The molecule has 1 fully saturated rings. The number of aryl methyl sites for hydroxylation is 1. The molecule has 4 rings (SSSR count). The quantitative estimate of drug-likeness (QED) is 0.611. The Morgan fingerprint density at radius 1 is 1.15 bits per heavy atom. The molecule has 1 amide bonds. The molecule has 0 N–H and O–H groups in total. The number of hydrogen-bond donors (Lipinski definition) is 0. The maximum Gasteiger partial charge on any atom is 0.332 e. The van der Waals surface area contributed by atoms with Crippen LogP contribution < -0.4 is 11.2 Å². The highest BCUT2D eigenvalue weighted by molar-refractivity contribution is 5.91. The van der Waals surface area contributed by atoms with Crippen molar-refractivity contribution in [3.8, 4) is 0 Å². The third-order valence-electron chi connectivity index (χ3n) is 4.96. The summed E-state index contributed by atoms with van der Waals surface area (Å²) in [4.78, 5) is 45.0. The summed E-state index contributed by atoms with van der Waals surface area (Å²) in [5.74, 6) is 0.227. The molecule has 0 spiro atoms. The topological polar surface area (TPSA) is 98.5 Å². The molecular weight excluding hydrogens is 352 g/mol. The van der Waals surface area contributed by atoms with Crippen molar-refractivity contribution in [2.75, 3.05) is 26.2 Å². The SMILES string of the molecule is Cn1c(=O)c2c(ncn2CN2CCN(C(=O)c3ccco3)CC2)n(C)c1=O. The Balaban J connectivity index is 1.51. The van der Waals surface area contributed by atoms with E-state index in [0.29, 0.717) is 49.8 Å². The molecule has 1 aliphatic rings. The Kier molecular flexibility index (Phi) is 4.19. The molecule has 0 radical (unpaired) electrons. The number of imidazole rings is 1. The first-order valence-corrected chi connectivity index (χ1v) is 8.63. The molecular formula is C17H20N6O4. The molecule has 0 bridgehead atoms. The van der Waals surface area contributed by atoms with Gasteiger partial charge in [0, 0.05) is 40.3 Å². The van der Waals surface area contributed by atoms with Crippen molar-refractivity contribution in [1.82, 2.24) is 28.5 Å². The van der Waals surface area contributed by atoms with Crippen LogP contribution in [-0.2, 0) is 20.8 Å². The summed E-state index contributed by atoms with van der Waals surface area (Å²) in [6.45, 7) is 2.94. The van der Waals surface area contributed by atoms with Crippen LogP contribution in [0.1, 0.15) is 10.6 Å². The third kappa shape index (κ3) is 2.87. The van der Waals surface area contributed by atoms with E-state index in [1.807, 2.05) is 0 Å². The Hall–Kier alpha value is -3.14. The van der Waals surface area contributed by atoms with E-state index in [1.165, 1.54) is 17.9 Å². The van der Waals surface area contributed by atoms with Gasteiger partial charge in [-0.25, -0.2) is 9.78 Å². The average molecular weight is 372 g/mol. The summed E-state index contributed by atoms with van der Waals surface area (Å²) in [5.41, 5.74) is 0.00320. The lowest BCUT2D eigenvalue weighted by molar-refractivity contribution is 0.0567. The van der Waals surface area contributed by atoms with Crippen LogP contribution >= 0.6 is 0 Å². The van der Waals surface area contributed by atoms with Gasteiger partial charge < -0.3 is 13.9 Å². The third-order valence-corrected chi connectivity index (χ3v) is 4.96. The number of carbonyl (C=O) groups excluding carboxylic acids is 1. The maximum absolute atomic E-state index is 12.5. The lowest BCUT2D eigenvalue weighted by Gasteiger charge is -2.34. The highest BCUT2D eigenvalue weighted by Gasteiger charge is 2.24. The highest BCUT2D eigenvalue weighted by Crippen LogP contribution is 2.12. The van der Waals surface area contributed by atoms with Crippen molar-refractivity contribution in [2.45, 2.75) is 6.67 Å². The minimum Gasteiger partial charge on any atom is -0.459 e. The van der Waals surface area contributed by atoms with Crippen molar-refractivity contribution in [3.63, 3.8) is 0 Å². The molecule has 10 nitrogen and oxygen atoms in total. The fourth-order valence-corrected chi connectivity index (χ4v) is 3.37. The average Bonchev–Trinajstić information content (AvgIpc) is 3.35. The number of hydrogen-bond acceptors (Lipinski definition) is 6. The largest absolute Gasteiger partial charge is 0.459 e. The summed E-state index contributed by atoms with van der Waals surface area (Å²) in [5, 5.41) is 0. The Labute approximate surface area is 153 Å². The van der Waals surface area contributed by atoms with Gasteiger partial charge in [-0.05, 0) is 12.1 Å². The van der Waals surface area contributed by atoms with Gasteiger partial charge in [-0.1, -0.05) is 0 Å². The molecule has 1 aliphatic heterocycles. The second kappa shape index (κ2) is 6.54. The van der Waals surface area contributed by atoms with Gasteiger partial charge in [0.05, 0.1) is 19.3 Å². The van der Waals surface area contributed by atoms with Crippen LogP contribution in [0.2, 0.25) is 0 Å². The Morgan fingerprint density at radius 2 is 1.89 bits per heavy atom. The predicted molar refractivity (Wildman–Crippen MR) is 96.4 cm³/mol. The summed E-state index contributed by atoms with van der Waals surface area (Å²) in [6, 6.07) is 3.36. The first kappa shape index (κ1) is 17.3. The van der Waals surface area contributed by atoms with Gasteiger partial charge >= 0.3 is 5.69 Å². The van der Waals surface area contributed by atoms with Gasteiger partial charge in [-0.3, -0.25) is 23.6 Å². The number of furan rings is 1. The number of aromatic nitrogens is 4. The summed E-state index contributed by atoms with van der Waals surface area (Å²) in [7, 11) is 3.06. The molecule has 1 saturated heterocycles. The van der Waals surface area contributed by atoms with Crippen LogP contribution in [-0.4, -0.2) is 60.6 Å². The fourth-order valence-electron chi connectivity index (χ4n) is 3.37. The van der Waals surface area contributed by atoms with E-state index in [1.54, 1.807) is 35.0 Å². The molecule has 0 unspecified atom stereocenters. The normalized spacial score (nSPS) is 15.6. The van der Waals surface area contributed by atoms with Gasteiger partial charge in [0.25, 0.3) is 11.5 Å². The van der Waals surface area contributed by atoms with E-state index < -0.39 is 5.69 Å². The Morgan fingerprint density at radius 3 is 2.56 bits per heavy atom. The van der Waals surface area contributed by atoms with E-state index in [0.717, 1.165) is 4.57 Å². The minimum absolute atomic E-state index is 0.114. The number of carbonyl (C=O) groups is 1. The summed E-state index contributed by atoms with van der Waals surface area (Å²) >= 11 is 0. The van der Waals surface area contributed by atoms with Crippen LogP contribution in [0, 0.1) is 0 Å². The Bertz CT molecular complexity index is 1100. The van der Waals surface area contributed by atoms with Crippen molar-refractivity contribution < 1.29 is 9.21 Å². The second-order valence-corrected chi connectivity index (χ2v) is 6.62. The second-order valence-electron chi connectivity index (χ2n) is 6.62. The number of piperazine rings is 1. The number of fused-ring (bicyclic) bond motifs is 1. The number of amides is 1. The van der Waals surface area contributed by atoms with Gasteiger partial charge in [0.1, 0.15) is 0 Å². The molecule has 3 aromatic heterocycles. The van der Waals surface area contributed by atoms with Gasteiger partial charge in [-0.15, -0.1) is 0 Å². The zero-order valence-corrected chi connectivity index (χ0v) is 15.2. The van der Waals surface area contributed by atoms with Crippen molar-refractivity contribution in [3.05, 3.63) is 51.3 Å². The molecule has 4 heterocycles. The van der Waals surface area contributed by atoms with Crippen molar-refractivity contribution in [2.24, 2.45) is 14.1 Å². The van der Waals surface area contributed by atoms with Gasteiger partial charge in [-0.2, -0.15) is 0 Å². The maximum atomic E-state index is 12.5. The minimum atomic E-state index is -0.400.